The maximum Gasteiger partial charge on any atom is 0.222 e. The Morgan fingerprint density at radius 3 is 2.00 bits per heavy atom. The average molecular weight is 182 g/mol. The van der Waals surface area contributed by atoms with E-state index in [1.807, 2.05) is 0 Å². The smallest absolute Gasteiger partial charge is 0.222 e. The zero-order chi connectivity index (χ0) is 6.73. The molecule has 0 bridgehead atoms. The second kappa shape index (κ2) is 3.02. The lowest BCUT2D eigenvalue weighted by atomic mass is 10.3. The predicted molar refractivity (Wildman–Crippen MR) is 34.8 cm³/mol. The molecule has 0 aliphatic heterocycles. The molecule has 0 amide bonds. The van der Waals surface area contributed by atoms with Gasteiger partial charge in [0.25, 0.3) is 0 Å². The summed E-state index contributed by atoms with van der Waals surface area (Å²) in [5, 5.41) is 9.92. The third-order valence-electron chi connectivity index (χ3n) is 0.997. The molecular weight excluding hydrogens is 174 g/mol. The molecule has 0 radical (unpaired) electrons. The Labute approximate surface area is 56.4 Å². The lowest BCUT2D eigenvalue weighted by Gasteiger charge is -2.02. The van der Waals surface area contributed by atoms with Gasteiger partial charge in [0, 0.05) is 11.8 Å². The lowest BCUT2D eigenvalue weighted by Crippen LogP contribution is -2.23. The fourth-order valence-corrected chi connectivity index (χ4v) is 0.361. The summed E-state index contributed by atoms with van der Waals surface area (Å²) in [6.45, 7) is 3.33. The van der Waals surface area contributed by atoms with Gasteiger partial charge < -0.3 is 0 Å². The van der Waals surface area contributed by atoms with Crippen molar-refractivity contribution in [3.8, 4) is 0 Å². The predicted octanol–water partition coefficient (Wildman–Crippen LogP) is 1.43. The van der Waals surface area contributed by atoms with Gasteiger partial charge in [0.05, 0.1) is 4.83 Å². The van der Waals surface area contributed by atoms with Crippen LogP contribution in [0.5, 0.6) is 0 Å². The van der Waals surface area contributed by atoms with Gasteiger partial charge in [0.2, 0.25) is 6.04 Å². The second-order valence-electron chi connectivity index (χ2n) is 1.70. The van der Waals surface area contributed by atoms with E-state index in [0.29, 0.717) is 0 Å². The summed E-state index contributed by atoms with van der Waals surface area (Å²) in [7, 11) is 0. The van der Waals surface area contributed by atoms with Gasteiger partial charge in [-0.3, -0.25) is 10.1 Å². The fourth-order valence-electron chi connectivity index (χ4n) is 0.168. The highest BCUT2D eigenvalue weighted by atomic mass is 79.9. The Morgan fingerprint density at radius 2 is 2.00 bits per heavy atom. The molecule has 48 valence electrons. The van der Waals surface area contributed by atoms with Gasteiger partial charge in [-0.2, -0.15) is 0 Å². The highest BCUT2D eigenvalue weighted by Gasteiger charge is 2.17. The van der Waals surface area contributed by atoms with Crippen LogP contribution in [0.15, 0.2) is 0 Å². The standard InChI is InChI=1S/C4H8BrNO2/c1-3(5)4(2)6(7)8/h3-4H,1-2H3. The average Bonchev–Trinajstić information content (AvgIpc) is 1.64. The zero-order valence-corrected chi connectivity index (χ0v) is 6.38. The first-order chi connectivity index (χ1) is 3.55. The summed E-state index contributed by atoms with van der Waals surface area (Å²) in [5.41, 5.74) is 0. The molecule has 0 aromatic rings. The van der Waals surface area contributed by atoms with E-state index in [1.165, 1.54) is 0 Å². The molecule has 3 nitrogen and oxygen atoms in total. The van der Waals surface area contributed by atoms with Crippen molar-refractivity contribution < 1.29 is 4.92 Å². The van der Waals surface area contributed by atoms with Crippen molar-refractivity contribution in [2.75, 3.05) is 0 Å². The zero-order valence-electron chi connectivity index (χ0n) is 4.80. The molecule has 0 fully saturated rings. The normalized spacial score (nSPS) is 17.4. The van der Waals surface area contributed by atoms with Gasteiger partial charge in [-0.15, -0.1) is 0 Å². The minimum Gasteiger partial charge on any atom is -0.264 e. The SMILES string of the molecule is CC(Br)C(C)[N+](=O)[O-]. The maximum absolute atomic E-state index is 9.92. The van der Waals surface area contributed by atoms with Crippen LogP contribution in [-0.2, 0) is 0 Å². The molecule has 0 aliphatic rings. The molecule has 0 aromatic carbocycles. The Kier molecular flexibility index (Phi) is 2.97. The minimum atomic E-state index is -0.491. The van der Waals surface area contributed by atoms with E-state index in [4.69, 9.17) is 0 Å². The number of halogens is 1. The van der Waals surface area contributed by atoms with Crippen molar-refractivity contribution in [3.05, 3.63) is 10.1 Å². The van der Waals surface area contributed by atoms with Gasteiger partial charge in [-0.25, -0.2) is 0 Å². The molecule has 2 atom stereocenters. The van der Waals surface area contributed by atoms with E-state index in [-0.39, 0.29) is 9.75 Å². The number of hydrogen-bond donors (Lipinski definition) is 0. The van der Waals surface area contributed by atoms with Crippen LogP contribution in [-0.4, -0.2) is 15.8 Å². The largest absolute Gasteiger partial charge is 0.264 e. The Morgan fingerprint density at radius 1 is 1.62 bits per heavy atom. The van der Waals surface area contributed by atoms with E-state index < -0.39 is 6.04 Å². The van der Waals surface area contributed by atoms with Gasteiger partial charge in [-0.1, -0.05) is 15.9 Å². The Hall–Kier alpha value is -0.120. The molecule has 0 saturated carbocycles. The van der Waals surface area contributed by atoms with Crippen LogP contribution >= 0.6 is 15.9 Å². The van der Waals surface area contributed by atoms with Gasteiger partial charge in [-0.05, 0) is 6.92 Å². The number of nitrogens with zero attached hydrogens (tertiary/aromatic N) is 1. The summed E-state index contributed by atoms with van der Waals surface area (Å²) < 4.78 is 0. The summed E-state index contributed by atoms with van der Waals surface area (Å²) >= 11 is 3.10. The van der Waals surface area contributed by atoms with Gasteiger partial charge >= 0.3 is 0 Å². The van der Waals surface area contributed by atoms with Crippen molar-refractivity contribution in [1.29, 1.82) is 0 Å². The monoisotopic (exact) mass is 181 g/mol. The first kappa shape index (κ1) is 7.88. The van der Waals surface area contributed by atoms with E-state index in [2.05, 4.69) is 15.9 Å². The molecule has 0 saturated heterocycles. The highest BCUT2D eigenvalue weighted by Crippen LogP contribution is 2.05. The van der Waals surface area contributed by atoms with E-state index in [0.717, 1.165) is 0 Å². The first-order valence-corrected chi connectivity index (χ1v) is 3.25. The van der Waals surface area contributed by atoms with Crippen LogP contribution in [0, 0.1) is 10.1 Å². The molecule has 0 aliphatic carbocycles. The van der Waals surface area contributed by atoms with Crippen LogP contribution in [0.3, 0.4) is 0 Å². The van der Waals surface area contributed by atoms with Crippen LogP contribution in [0.4, 0.5) is 0 Å². The second-order valence-corrected chi connectivity index (χ2v) is 3.15. The number of alkyl halides is 1. The fraction of sp³-hybridized carbons (Fsp3) is 1.00. The summed E-state index contributed by atoms with van der Waals surface area (Å²) in [6.07, 6.45) is 0. The van der Waals surface area contributed by atoms with Crippen molar-refractivity contribution in [3.63, 3.8) is 0 Å². The summed E-state index contributed by atoms with van der Waals surface area (Å²) in [6, 6.07) is -0.491. The number of hydrogen-bond acceptors (Lipinski definition) is 2. The van der Waals surface area contributed by atoms with Crippen LogP contribution in [0.1, 0.15) is 13.8 Å². The van der Waals surface area contributed by atoms with Crippen molar-refractivity contribution in [1.82, 2.24) is 0 Å². The highest BCUT2D eigenvalue weighted by molar-refractivity contribution is 9.09. The topological polar surface area (TPSA) is 43.1 Å². The summed E-state index contributed by atoms with van der Waals surface area (Å²) in [4.78, 5) is 9.57. The molecule has 0 N–H and O–H groups in total. The van der Waals surface area contributed by atoms with Crippen LogP contribution in [0.2, 0.25) is 0 Å². The molecule has 4 heteroatoms. The quantitative estimate of drug-likeness (QED) is 0.368. The minimum absolute atomic E-state index is 0.0440. The Balaban J connectivity index is 3.64. The van der Waals surface area contributed by atoms with E-state index in [9.17, 15) is 10.1 Å². The van der Waals surface area contributed by atoms with Crippen LogP contribution < -0.4 is 0 Å². The maximum atomic E-state index is 9.92. The molecule has 0 heterocycles. The molecule has 8 heavy (non-hydrogen) atoms. The van der Waals surface area contributed by atoms with Gasteiger partial charge in [0.1, 0.15) is 0 Å². The molecule has 0 rings (SSSR count). The van der Waals surface area contributed by atoms with Crippen LogP contribution in [0.25, 0.3) is 0 Å². The third-order valence-corrected chi connectivity index (χ3v) is 1.76. The van der Waals surface area contributed by atoms with E-state index >= 15 is 0 Å². The van der Waals surface area contributed by atoms with Crippen molar-refractivity contribution in [2.24, 2.45) is 0 Å². The van der Waals surface area contributed by atoms with Crippen molar-refractivity contribution >= 4 is 15.9 Å². The Bertz CT molecular complexity index is 94.0. The molecular formula is C4H8BrNO2. The summed E-state index contributed by atoms with van der Waals surface area (Å²) in [5.74, 6) is 0. The number of rotatable bonds is 2. The first-order valence-electron chi connectivity index (χ1n) is 2.33. The van der Waals surface area contributed by atoms with E-state index in [1.54, 1.807) is 13.8 Å². The lowest BCUT2D eigenvalue weighted by molar-refractivity contribution is -0.516. The molecule has 0 spiro atoms. The third kappa shape index (κ3) is 2.26. The molecule has 2 unspecified atom stereocenters. The van der Waals surface area contributed by atoms with Gasteiger partial charge in [0.15, 0.2) is 0 Å². The number of nitro groups is 1. The van der Waals surface area contributed by atoms with Crippen molar-refractivity contribution in [2.45, 2.75) is 24.7 Å². The molecule has 0 aromatic heterocycles.